The number of nitrogens with one attached hydrogen (secondary N) is 1. The molecule has 3 heterocycles. The lowest BCUT2D eigenvalue weighted by Crippen LogP contribution is -2.12. The Hall–Kier alpha value is -3.79. The van der Waals surface area contributed by atoms with Crippen molar-refractivity contribution in [2.75, 3.05) is 11.6 Å². The summed E-state index contributed by atoms with van der Waals surface area (Å²) in [5.41, 5.74) is 1.92. The summed E-state index contributed by atoms with van der Waals surface area (Å²) in [6.07, 6.45) is 3.89. The summed E-state index contributed by atoms with van der Waals surface area (Å²) in [6, 6.07) is 11.4. The lowest BCUT2D eigenvalue weighted by molar-refractivity contribution is 0.0994. The molecule has 0 aliphatic carbocycles. The van der Waals surface area contributed by atoms with E-state index in [1.807, 2.05) is 6.07 Å². The topological polar surface area (TPSA) is 128 Å². The van der Waals surface area contributed by atoms with Gasteiger partial charge in [0.2, 0.25) is 5.76 Å². The Kier molecular flexibility index (Phi) is 4.92. The highest BCUT2D eigenvalue weighted by molar-refractivity contribution is 7.90. The first-order valence-corrected chi connectivity index (χ1v) is 10.7. The molecule has 0 atom stereocenters. The minimum absolute atomic E-state index is 0.00655. The molecule has 0 aliphatic heterocycles. The largest absolute Gasteiger partial charge is 0.438 e. The van der Waals surface area contributed by atoms with Crippen molar-refractivity contribution in [3.05, 3.63) is 66.6 Å². The van der Waals surface area contributed by atoms with Gasteiger partial charge in [-0.3, -0.25) is 15.1 Å². The molecule has 0 spiro atoms. The number of sulfone groups is 1. The molecule has 0 saturated carbocycles. The van der Waals surface area contributed by atoms with E-state index >= 15 is 0 Å². The predicted octanol–water partition coefficient (Wildman–Crippen LogP) is 3.36. The van der Waals surface area contributed by atoms with Crippen molar-refractivity contribution in [1.29, 1.82) is 0 Å². The fourth-order valence-electron chi connectivity index (χ4n) is 2.82. The summed E-state index contributed by atoms with van der Waals surface area (Å²) >= 11 is 0. The summed E-state index contributed by atoms with van der Waals surface area (Å²) < 4.78 is 34.0. The highest BCUT2D eigenvalue weighted by atomic mass is 32.2. The van der Waals surface area contributed by atoms with Crippen LogP contribution >= 0.6 is 0 Å². The summed E-state index contributed by atoms with van der Waals surface area (Å²) in [5.74, 6) is -0.168. The third-order valence-electron chi connectivity index (χ3n) is 4.25. The summed E-state index contributed by atoms with van der Waals surface area (Å²) in [4.78, 5) is 25.4. The van der Waals surface area contributed by atoms with Gasteiger partial charge in [0.05, 0.1) is 10.6 Å². The third kappa shape index (κ3) is 3.85. The van der Waals surface area contributed by atoms with Crippen molar-refractivity contribution in [1.82, 2.24) is 15.0 Å². The number of amides is 1. The quantitative estimate of drug-likeness (QED) is 0.516. The summed E-state index contributed by atoms with van der Waals surface area (Å²) in [7, 11) is -3.33. The number of rotatable bonds is 5. The molecule has 0 unspecified atom stereocenters. The maximum Gasteiger partial charge on any atom is 0.302 e. The van der Waals surface area contributed by atoms with Crippen molar-refractivity contribution in [2.24, 2.45) is 0 Å². The molecule has 0 bridgehead atoms. The molecule has 9 nitrogen and oxygen atoms in total. The number of anilines is 1. The van der Waals surface area contributed by atoms with Gasteiger partial charge in [0, 0.05) is 18.0 Å². The van der Waals surface area contributed by atoms with Crippen molar-refractivity contribution in [3.63, 3.8) is 0 Å². The van der Waals surface area contributed by atoms with Crippen LogP contribution in [0.3, 0.4) is 0 Å². The Morgan fingerprint density at radius 1 is 1.03 bits per heavy atom. The number of hydrogen-bond donors (Lipinski definition) is 1. The number of pyridine rings is 1. The Balaban J connectivity index is 1.58. The van der Waals surface area contributed by atoms with Crippen molar-refractivity contribution < 1.29 is 22.0 Å². The van der Waals surface area contributed by atoms with Gasteiger partial charge in [-0.2, -0.15) is 4.98 Å². The van der Waals surface area contributed by atoms with Crippen LogP contribution in [0.1, 0.15) is 16.3 Å². The van der Waals surface area contributed by atoms with Crippen LogP contribution in [0.5, 0.6) is 0 Å². The number of aryl methyl sites for hydroxylation is 1. The van der Waals surface area contributed by atoms with Gasteiger partial charge in [-0.25, -0.2) is 13.4 Å². The monoisotopic (exact) mass is 424 g/mol. The highest BCUT2D eigenvalue weighted by Crippen LogP contribution is 2.27. The fraction of sp³-hybridized carbons (Fsp3) is 0.100. The molecule has 4 aromatic rings. The predicted molar refractivity (Wildman–Crippen MR) is 107 cm³/mol. The molecule has 0 fully saturated rings. The molecule has 1 N–H and O–H groups in total. The van der Waals surface area contributed by atoms with Gasteiger partial charge in [-0.15, -0.1) is 0 Å². The molecule has 1 aromatic carbocycles. The Bertz CT molecular complexity index is 1310. The van der Waals surface area contributed by atoms with Gasteiger partial charge in [0.1, 0.15) is 17.1 Å². The van der Waals surface area contributed by atoms with Crippen LogP contribution in [0, 0.1) is 6.92 Å². The molecule has 4 rings (SSSR count). The molecule has 10 heteroatoms. The van der Waals surface area contributed by atoms with Crippen LogP contribution < -0.4 is 5.32 Å². The highest BCUT2D eigenvalue weighted by Gasteiger charge is 2.22. The number of oxazole rings is 2. The zero-order valence-electron chi connectivity index (χ0n) is 16.0. The van der Waals surface area contributed by atoms with Crippen molar-refractivity contribution in [2.45, 2.75) is 11.8 Å². The lowest BCUT2D eigenvalue weighted by Gasteiger charge is -2.03. The molecule has 30 heavy (non-hydrogen) atoms. The molecule has 0 saturated heterocycles. The molecular formula is C20H16N4O5S. The molecular weight excluding hydrogens is 408 g/mol. The Labute approximate surface area is 171 Å². The van der Waals surface area contributed by atoms with E-state index in [-0.39, 0.29) is 22.4 Å². The van der Waals surface area contributed by atoms with Crippen molar-refractivity contribution in [3.8, 4) is 22.6 Å². The number of aromatic nitrogens is 3. The number of carbonyl (C=O) groups excluding carboxylic acids is 1. The number of nitrogens with zero attached hydrogens (tertiary/aromatic N) is 3. The van der Waals surface area contributed by atoms with Crippen LogP contribution in [0.4, 0.5) is 6.01 Å². The third-order valence-corrected chi connectivity index (χ3v) is 5.38. The maximum atomic E-state index is 12.7. The summed E-state index contributed by atoms with van der Waals surface area (Å²) in [6.45, 7) is 1.72. The van der Waals surface area contributed by atoms with E-state index in [1.165, 1.54) is 12.1 Å². The van der Waals surface area contributed by atoms with Gasteiger partial charge in [0.25, 0.3) is 5.91 Å². The smallest absolute Gasteiger partial charge is 0.302 e. The second kappa shape index (κ2) is 7.56. The number of carbonyl (C=O) groups is 1. The first-order chi connectivity index (χ1) is 14.3. The van der Waals surface area contributed by atoms with E-state index in [4.69, 9.17) is 8.83 Å². The van der Waals surface area contributed by atoms with Gasteiger partial charge < -0.3 is 8.83 Å². The van der Waals surface area contributed by atoms with Gasteiger partial charge >= 0.3 is 6.01 Å². The van der Waals surface area contributed by atoms with Crippen molar-refractivity contribution >= 4 is 21.8 Å². The van der Waals surface area contributed by atoms with E-state index in [9.17, 15) is 13.2 Å². The van der Waals surface area contributed by atoms with Gasteiger partial charge in [0.15, 0.2) is 16.2 Å². The van der Waals surface area contributed by atoms with Crippen LogP contribution in [-0.4, -0.2) is 35.5 Å². The normalized spacial score (nSPS) is 11.4. The van der Waals surface area contributed by atoms with E-state index in [1.54, 1.807) is 37.4 Å². The minimum Gasteiger partial charge on any atom is -0.438 e. The fourth-order valence-corrected chi connectivity index (χ4v) is 3.45. The van der Waals surface area contributed by atoms with E-state index in [0.717, 1.165) is 12.6 Å². The molecule has 0 aliphatic rings. The lowest BCUT2D eigenvalue weighted by atomic mass is 10.1. The number of hydrogen-bond acceptors (Lipinski definition) is 8. The average molecular weight is 424 g/mol. The van der Waals surface area contributed by atoms with Crippen LogP contribution in [-0.2, 0) is 9.84 Å². The van der Waals surface area contributed by atoms with Crippen LogP contribution in [0.15, 0.2) is 68.8 Å². The zero-order valence-corrected chi connectivity index (χ0v) is 16.8. The average Bonchev–Trinajstić information content (AvgIpc) is 3.35. The second-order valence-electron chi connectivity index (χ2n) is 6.42. The van der Waals surface area contributed by atoms with Crippen LogP contribution in [0.25, 0.3) is 22.6 Å². The molecule has 1 amide bonds. The number of benzene rings is 1. The minimum atomic E-state index is -3.33. The summed E-state index contributed by atoms with van der Waals surface area (Å²) in [5, 5.41) is 2.55. The SMILES string of the molecule is Cc1oc(NC(=O)c2ocnc2-c2ccc(S(C)(=O)=O)cc2)nc1-c1ccccn1. The molecule has 3 aromatic heterocycles. The van der Waals surface area contributed by atoms with E-state index < -0.39 is 15.7 Å². The van der Waals surface area contributed by atoms with Gasteiger partial charge in [-0.05, 0) is 31.2 Å². The Morgan fingerprint density at radius 2 is 1.80 bits per heavy atom. The first-order valence-electron chi connectivity index (χ1n) is 8.77. The standard InChI is InChI=1S/C20H16N4O5S/c1-12-16(15-5-3-4-10-21-15)23-20(29-12)24-19(25)18-17(22-11-28-18)13-6-8-14(9-7-13)30(2,26)27/h3-11H,1-2H3,(H,23,24,25). The zero-order chi connectivity index (χ0) is 21.3. The maximum absolute atomic E-state index is 12.7. The molecule has 0 radical (unpaired) electrons. The van der Waals surface area contributed by atoms with Crippen LogP contribution in [0.2, 0.25) is 0 Å². The van der Waals surface area contributed by atoms with E-state index in [2.05, 4.69) is 20.3 Å². The van der Waals surface area contributed by atoms with E-state index in [0.29, 0.717) is 22.7 Å². The Morgan fingerprint density at radius 3 is 2.47 bits per heavy atom. The molecule has 152 valence electrons. The van der Waals surface area contributed by atoms with Gasteiger partial charge in [-0.1, -0.05) is 18.2 Å². The second-order valence-corrected chi connectivity index (χ2v) is 8.44. The first kappa shape index (κ1) is 19.5.